The molecule has 0 aromatic heterocycles. The molecule has 2 aliphatic rings. The molecule has 2 heterocycles. The summed E-state index contributed by atoms with van der Waals surface area (Å²) in [5.74, 6) is -2.74. The van der Waals surface area contributed by atoms with Crippen molar-refractivity contribution in [1.82, 2.24) is 10.2 Å². The number of ether oxygens (including phenoxy) is 1. The second-order valence-corrected chi connectivity index (χ2v) is 7.01. The Kier molecular flexibility index (Phi) is 6.18. The number of nitro benzene ring substituents is 1. The van der Waals surface area contributed by atoms with Gasteiger partial charge in [-0.15, -0.1) is 0 Å². The lowest BCUT2D eigenvalue weighted by atomic mass is 9.83. The molecule has 0 bridgehead atoms. The number of rotatable bonds is 8. The van der Waals surface area contributed by atoms with E-state index in [1.54, 1.807) is 0 Å². The van der Waals surface area contributed by atoms with Crippen LogP contribution in [-0.4, -0.2) is 51.4 Å². The molecule has 0 aliphatic carbocycles. The number of nitrogens with zero attached hydrogens (tertiary/aromatic N) is 5. The van der Waals surface area contributed by atoms with E-state index in [0.29, 0.717) is 5.56 Å². The van der Waals surface area contributed by atoms with Crippen LogP contribution < -0.4 is 5.32 Å². The van der Waals surface area contributed by atoms with Crippen LogP contribution in [0, 0.1) is 16.0 Å². The van der Waals surface area contributed by atoms with Gasteiger partial charge in [0, 0.05) is 23.5 Å². The summed E-state index contributed by atoms with van der Waals surface area (Å²) in [7, 11) is 0. The number of esters is 1. The maximum Gasteiger partial charge on any atom is 0.357 e. The number of aliphatic hydroxyl groups excluding tert-OH is 1. The summed E-state index contributed by atoms with van der Waals surface area (Å²) in [5.41, 5.74) is 8.70. The van der Waals surface area contributed by atoms with Gasteiger partial charge in [0.1, 0.15) is 18.8 Å². The molecule has 162 valence electrons. The number of benzene rings is 1. The lowest BCUT2D eigenvalue weighted by Crippen LogP contribution is -2.61. The molecule has 13 nitrogen and oxygen atoms in total. The Morgan fingerprint density at radius 3 is 2.71 bits per heavy atom. The fourth-order valence-corrected chi connectivity index (χ4v) is 3.61. The number of non-ortho nitro benzene ring substituents is 1. The molecule has 0 saturated carbocycles. The van der Waals surface area contributed by atoms with Crippen LogP contribution in [0.5, 0.6) is 0 Å². The summed E-state index contributed by atoms with van der Waals surface area (Å²) in [6, 6.07) is 4.88. The highest BCUT2D eigenvalue weighted by Crippen LogP contribution is 2.43. The van der Waals surface area contributed by atoms with Crippen molar-refractivity contribution in [1.29, 1.82) is 0 Å². The first-order valence-electron chi connectivity index (χ1n) is 9.20. The third kappa shape index (κ3) is 4.32. The number of aliphatic hydroxyl groups is 1. The molecule has 13 heteroatoms. The molecule has 3 atom stereocenters. The SMILES string of the molecule is C[C@@H](O)[C@H]1C(=O)N2C(C(=O)OCc3ccc([N+](=O)[O-])cc3)=C(NC(=O)CN=[N+]=[N-])C[C@H]12. The van der Waals surface area contributed by atoms with Gasteiger partial charge in [-0.05, 0) is 30.2 Å². The van der Waals surface area contributed by atoms with Crippen LogP contribution in [0.15, 0.2) is 40.8 Å². The predicted octanol–water partition coefficient (Wildman–Crippen LogP) is 0.888. The summed E-state index contributed by atoms with van der Waals surface area (Å²) in [6.45, 7) is 0.751. The normalized spacial score (nSPS) is 20.3. The number of amides is 2. The van der Waals surface area contributed by atoms with Crippen LogP contribution in [0.25, 0.3) is 10.4 Å². The Morgan fingerprint density at radius 1 is 1.45 bits per heavy atom. The maximum atomic E-state index is 12.7. The minimum absolute atomic E-state index is 0.114. The number of azide groups is 1. The fourth-order valence-electron chi connectivity index (χ4n) is 3.61. The van der Waals surface area contributed by atoms with Crippen LogP contribution in [0.2, 0.25) is 0 Å². The van der Waals surface area contributed by atoms with E-state index in [4.69, 9.17) is 10.3 Å². The van der Waals surface area contributed by atoms with E-state index in [0.717, 1.165) is 0 Å². The van der Waals surface area contributed by atoms with Crippen molar-refractivity contribution in [2.45, 2.75) is 32.1 Å². The van der Waals surface area contributed by atoms with Gasteiger partial charge in [-0.2, -0.15) is 0 Å². The second kappa shape index (κ2) is 8.81. The lowest BCUT2D eigenvalue weighted by molar-refractivity contribution is -0.384. The Labute approximate surface area is 175 Å². The van der Waals surface area contributed by atoms with E-state index < -0.39 is 47.3 Å². The Bertz CT molecular complexity index is 1010. The zero-order chi connectivity index (χ0) is 22.7. The molecule has 0 radical (unpaired) electrons. The van der Waals surface area contributed by atoms with E-state index in [1.807, 2.05) is 0 Å². The molecule has 0 unspecified atom stereocenters. The van der Waals surface area contributed by atoms with Gasteiger partial charge < -0.3 is 15.2 Å². The highest BCUT2D eigenvalue weighted by molar-refractivity contribution is 6.01. The van der Waals surface area contributed by atoms with Gasteiger partial charge in [-0.3, -0.25) is 24.6 Å². The molecule has 1 saturated heterocycles. The third-order valence-electron chi connectivity index (χ3n) is 5.01. The highest BCUT2D eigenvalue weighted by atomic mass is 16.6. The molecule has 0 spiro atoms. The number of carbonyl (C=O) groups is 3. The number of hydrogen-bond acceptors (Lipinski definition) is 8. The van der Waals surface area contributed by atoms with Crippen molar-refractivity contribution >= 4 is 23.5 Å². The average Bonchev–Trinajstić information content (AvgIpc) is 3.04. The number of nitro groups is 1. The van der Waals surface area contributed by atoms with E-state index in [1.165, 1.54) is 36.1 Å². The number of fused-ring (bicyclic) bond motifs is 1. The van der Waals surface area contributed by atoms with E-state index in [9.17, 15) is 29.6 Å². The molecular weight excluding hydrogens is 412 g/mol. The van der Waals surface area contributed by atoms with E-state index >= 15 is 0 Å². The van der Waals surface area contributed by atoms with Crippen LogP contribution in [0.1, 0.15) is 18.9 Å². The second-order valence-electron chi connectivity index (χ2n) is 7.01. The molecule has 1 aromatic carbocycles. The topological polar surface area (TPSA) is 188 Å². The van der Waals surface area contributed by atoms with Gasteiger partial charge in [0.05, 0.1) is 28.7 Å². The molecule has 2 aliphatic heterocycles. The first-order valence-corrected chi connectivity index (χ1v) is 9.20. The Hall–Kier alpha value is -3.96. The van der Waals surface area contributed by atoms with Gasteiger partial charge in [0.15, 0.2) is 0 Å². The molecule has 1 aromatic rings. The minimum atomic E-state index is -0.940. The minimum Gasteiger partial charge on any atom is -0.456 e. The monoisotopic (exact) mass is 430 g/mol. The number of hydrogen-bond donors (Lipinski definition) is 2. The van der Waals surface area contributed by atoms with Gasteiger partial charge in [-0.25, -0.2) is 4.79 Å². The van der Waals surface area contributed by atoms with Crippen LogP contribution >= 0.6 is 0 Å². The number of carbonyl (C=O) groups excluding carboxylic acids is 3. The summed E-state index contributed by atoms with van der Waals surface area (Å²) in [6.07, 6.45) is -0.824. The molecule has 31 heavy (non-hydrogen) atoms. The van der Waals surface area contributed by atoms with E-state index in [2.05, 4.69) is 15.3 Å². The maximum absolute atomic E-state index is 12.7. The van der Waals surface area contributed by atoms with Crippen molar-refractivity contribution < 1.29 is 29.2 Å². The molecule has 2 N–H and O–H groups in total. The smallest absolute Gasteiger partial charge is 0.357 e. The Balaban J connectivity index is 1.77. The van der Waals surface area contributed by atoms with Crippen LogP contribution in [-0.2, 0) is 25.7 Å². The van der Waals surface area contributed by atoms with Crippen molar-refractivity contribution in [3.05, 3.63) is 61.8 Å². The summed E-state index contributed by atoms with van der Waals surface area (Å²) < 4.78 is 5.25. The first kappa shape index (κ1) is 21.7. The van der Waals surface area contributed by atoms with Crippen LogP contribution in [0.3, 0.4) is 0 Å². The van der Waals surface area contributed by atoms with Gasteiger partial charge in [0.25, 0.3) is 5.69 Å². The van der Waals surface area contributed by atoms with Crippen molar-refractivity contribution in [3.63, 3.8) is 0 Å². The van der Waals surface area contributed by atoms with Crippen molar-refractivity contribution in [2.75, 3.05) is 6.54 Å². The highest BCUT2D eigenvalue weighted by Gasteiger charge is 2.57. The third-order valence-corrected chi connectivity index (χ3v) is 5.01. The predicted molar refractivity (Wildman–Crippen MR) is 102 cm³/mol. The van der Waals surface area contributed by atoms with Gasteiger partial charge >= 0.3 is 5.97 Å². The Morgan fingerprint density at radius 2 is 2.13 bits per heavy atom. The lowest BCUT2D eigenvalue weighted by Gasteiger charge is -2.44. The first-order chi connectivity index (χ1) is 14.7. The molecular formula is C18H18N6O7. The zero-order valence-corrected chi connectivity index (χ0v) is 16.3. The zero-order valence-electron chi connectivity index (χ0n) is 16.3. The van der Waals surface area contributed by atoms with Gasteiger partial charge in [0.2, 0.25) is 11.8 Å². The molecule has 3 rings (SSSR count). The summed E-state index contributed by atoms with van der Waals surface area (Å²) in [5, 5.41) is 26.2. The standard InChI is InChI=1S/C18H18N6O7/c1-9(25)15-13-6-12(21-14(26)7-20-22-19)16(23(13)17(15)27)18(28)31-8-10-2-4-11(5-3-10)24(29)30/h2-5,9,13,15,25H,6-8H2,1H3,(H,21,26)/t9-,13-,15-/m1/s1. The number of nitrogens with one attached hydrogen (secondary N) is 1. The summed E-state index contributed by atoms with van der Waals surface area (Å²) >= 11 is 0. The van der Waals surface area contributed by atoms with Crippen molar-refractivity contribution in [3.8, 4) is 0 Å². The fraction of sp³-hybridized carbons (Fsp3) is 0.389. The molecule has 2 amide bonds. The number of β-lactam (4-membered cyclic amide) rings is 1. The van der Waals surface area contributed by atoms with Crippen LogP contribution in [0.4, 0.5) is 5.69 Å². The molecule has 1 fully saturated rings. The van der Waals surface area contributed by atoms with Crippen molar-refractivity contribution in [2.24, 2.45) is 11.0 Å². The quantitative estimate of drug-likeness (QED) is 0.116. The summed E-state index contributed by atoms with van der Waals surface area (Å²) in [4.78, 5) is 51.0. The average molecular weight is 430 g/mol. The van der Waals surface area contributed by atoms with Gasteiger partial charge in [-0.1, -0.05) is 5.11 Å². The largest absolute Gasteiger partial charge is 0.456 e. The van der Waals surface area contributed by atoms with E-state index in [-0.39, 0.29) is 30.1 Å².